The normalized spacial score (nSPS) is 14.6. The molecule has 2 heterocycles. The van der Waals surface area contributed by atoms with Crippen LogP contribution >= 0.6 is 11.6 Å². The fourth-order valence-corrected chi connectivity index (χ4v) is 2.34. The van der Waals surface area contributed by atoms with E-state index in [2.05, 4.69) is 45.4 Å². The van der Waals surface area contributed by atoms with E-state index in [1.165, 1.54) is 11.1 Å². The second kappa shape index (κ2) is 4.55. The summed E-state index contributed by atoms with van der Waals surface area (Å²) in [6.07, 6.45) is 1.64. The van der Waals surface area contributed by atoms with Crippen molar-refractivity contribution < 1.29 is 0 Å². The van der Waals surface area contributed by atoms with Gasteiger partial charge in [-0.05, 0) is 48.0 Å². The van der Waals surface area contributed by atoms with Crippen LogP contribution in [0, 0.1) is 0 Å². The number of nitrogens with one attached hydrogen (secondary N) is 1. The number of benzene rings is 1. The highest BCUT2D eigenvalue weighted by atomic mass is 35.5. The second-order valence-corrected chi connectivity index (χ2v) is 4.83. The molecule has 0 bridgehead atoms. The summed E-state index contributed by atoms with van der Waals surface area (Å²) in [5, 5.41) is 3.49. The predicted molar refractivity (Wildman–Crippen MR) is 71.9 cm³/mol. The first kappa shape index (κ1) is 11.4. The molecule has 1 aromatic carbocycles. The molecule has 2 aromatic rings. The summed E-state index contributed by atoms with van der Waals surface area (Å²) in [4.78, 5) is 10.3. The van der Waals surface area contributed by atoms with Gasteiger partial charge in [0.1, 0.15) is 5.82 Å². The Labute approximate surface area is 111 Å². The summed E-state index contributed by atoms with van der Waals surface area (Å²) in [6, 6.07) is 8.18. The summed E-state index contributed by atoms with van der Waals surface area (Å²) in [5.41, 5.74) is 3.78. The van der Waals surface area contributed by atoms with Crippen molar-refractivity contribution in [2.24, 2.45) is 0 Å². The van der Waals surface area contributed by atoms with Crippen molar-refractivity contribution in [3.8, 4) is 0 Å². The Hall–Kier alpha value is -1.65. The number of nitrogens with zero attached hydrogens (tertiary/aromatic N) is 3. The van der Waals surface area contributed by atoms with E-state index in [1.54, 1.807) is 12.3 Å². The van der Waals surface area contributed by atoms with Gasteiger partial charge in [0.2, 0.25) is 5.28 Å². The summed E-state index contributed by atoms with van der Waals surface area (Å²) in [5.74, 6) is 0.710. The zero-order valence-corrected chi connectivity index (χ0v) is 10.8. The van der Waals surface area contributed by atoms with Crippen molar-refractivity contribution in [2.75, 3.05) is 12.4 Å². The van der Waals surface area contributed by atoms with Crippen LogP contribution in [0.1, 0.15) is 11.1 Å². The van der Waals surface area contributed by atoms with Gasteiger partial charge in [-0.3, -0.25) is 4.90 Å². The van der Waals surface area contributed by atoms with Crippen LogP contribution in [0.25, 0.3) is 0 Å². The van der Waals surface area contributed by atoms with Crippen LogP contribution in [0.4, 0.5) is 11.5 Å². The van der Waals surface area contributed by atoms with Crippen molar-refractivity contribution in [3.63, 3.8) is 0 Å². The summed E-state index contributed by atoms with van der Waals surface area (Å²) in [6.45, 7) is 2.02. The Bertz CT molecular complexity index is 585. The summed E-state index contributed by atoms with van der Waals surface area (Å²) >= 11 is 5.76. The smallest absolute Gasteiger partial charge is 0.224 e. The lowest BCUT2D eigenvalue weighted by Crippen LogP contribution is -2.07. The van der Waals surface area contributed by atoms with Crippen LogP contribution in [0.2, 0.25) is 5.28 Å². The van der Waals surface area contributed by atoms with Crippen molar-refractivity contribution in [1.29, 1.82) is 0 Å². The average molecular weight is 261 g/mol. The highest BCUT2D eigenvalue weighted by Crippen LogP contribution is 2.25. The van der Waals surface area contributed by atoms with Gasteiger partial charge >= 0.3 is 0 Å². The van der Waals surface area contributed by atoms with Gasteiger partial charge in [0.15, 0.2) is 0 Å². The Morgan fingerprint density at radius 1 is 1.22 bits per heavy atom. The number of aromatic nitrogens is 2. The third-order valence-electron chi connectivity index (χ3n) is 2.99. The minimum atomic E-state index is 0.251. The molecule has 3 rings (SSSR count). The molecule has 0 unspecified atom stereocenters. The van der Waals surface area contributed by atoms with Crippen molar-refractivity contribution in [2.45, 2.75) is 13.1 Å². The number of fused-ring (bicyclic) bond motifs is 1. The Morgan fingerprint density at radius 3 is 2.89 bits per heavy atom. The van der Waals surface area contributed by atoms with E-state index in [0.717, 1.165) is 18.8 Å². The number of halogens is 1. The molecule has 1 aliphatic heterocycles. The first-order chi connectivity index (χ1) is 8.70. The largest absolute Gasteiger partial charge is 0.340 e. The van der Waals surface area contributed by atoms with E-state index in [1.807, 2.05) is 0 Å². The molecular formula is C13H13ClN4. The zero-order valence-electron chi connectivity index (χ0n) is 10.0. The number of rotatable bonds is 2. The van der Waals surface area contributed by atoms with Gasteiger partial charge in [-0.25, -0.2) is 9.97 Å². The van der Waals surface area contributed by atoms with Gasteiger partial charge in [0.05, 0.1) is 0 Å². The Balaban J connectivity index is 1.84. The van der Waals surface area contributed by atoms with Gasteiger partial charge in [-0.1, -0.05) is 6.07 Å². The molecule has 0 spiro atoms. The molecule has 0 amide bonds. The van der Waals surface area contributed by atoms with Gasteiger partial charge < -0.3 is 5.32 Å². The third-order valence-corrected chi connectivity index (χ3v) is 3.17. The maximum absolute atomic E-state index is 5.76. The molecule has 0 fully saturated rings. The van der Waals surface area contributed by atoms with Crippen molar-refractivity contribution >= 4 is 23.1 Å². The van der Waals surface area contributed by atoms with E-state index in [-0.39, 0.29) is 5.28 Å². The molecule has 0 radical (unpaired) electrons. The molecule has 5 heteroatoms. The van der Waals surface area contributed by atoms with E-state index >= 15 is 0 Å². The van der Waals surface area contributed by atoms with Gasteiger partial charge in [0, 0.05) is 25.0 Å². The van der Waals surface area contributed by atoms with Crippen LogP contribution in [0.5, 0.6) is 0 Å². The minimum Gasteiger partial charge on any atom is -0.340 e. The average Bonchev–Trinajstić information content (AvgIpc) is 2.68. The molecule has 0 saturated heterocycles. The quantitative estimate of drug-likeness (QED) is 0.843. The molecule has 1 aliphatic rings. The molecule has 0 atom stereocenters. The van der Waals surface area contributed by atoms with E-state index in [9.17, 15) is 0 Å². The highest BCUT2D eigenvalue weighted by Gasteiger charge is 2.15. The first-order valence-electron chi connectivity index (χ1n) is 5.76. The SMILES string of the molecule is CN1Cc2ccc(Nc3ccnc(Cl)n3)cc2C1. The summed E-state index contributed by atoms with van der Waals surface area (Å²) < 4.78 is 0. The van der Waals surface area contributed by atoms with Crippen molar-refractivity contribution in [1.82, 2.24) is 14.9 Å². The van der Waals surface area contributed by atoms with Gasteiger partial charge in [0.25, 0.3) is 0 Å². The number of hydrogen-bond acceptors (Lipinski definition) is 4. The molecular weight excluding hydrogens is 248 g/mol. The van der Waals surface area contributed by atoms with Crippen LogP contribution in [0.3, 0.4) is 0 Å². The molecule has 1 N–H and O–H groups in total. The van der Waals surface area contributed by atoms with Crippen LogP contribution in [0.15, 0.2) is 30.5 Å². The lowest BCUT2D eigenvalue weighted by molar-refractivity contribution is 0.353. The molecule has 92 valence electrons. The fourth-order valence-electron chi connectivity index (χ4n) is 2.20. The third kappa shape index (κ3) is 2.30. The second-order valence-electron chi connectivity index (χ2n) is 4.49. The molecule has 18 heavy (non-hydrogen) atoms. The van der Waals surface area contributed by atoms with E-state index in [0.29, 0.717) is 5.82 Å². The van der Waals surface area contributed by atoms with Crippen molar-refractivity contribution in [3.05, 3.63) is 46.9 Å². The predicted octanol–water partition coefficient (Wildman–Crippen LogP) is 2.82. The van der Waals surface area contributed by atoms with Crippen LogP contribution in [-0.4, -0.2) is 21.9 Å². The van der Waals surface area contributed by atoms with Crippen LogP contribution in [-0.2, 0) is 13.1 Å². The maximum atomic E-state index is 5.76. The highest BCUT2D eigenvalue weighted by molar-refractivity contribution is 6.28. The fraction of sp³-hybridized carbons (Fsp3) is 0.231. The topological polar surface area (TPSA) is 41.0 Å². The minimum absolute atomic E-state index is 0.251. The molecule has 4 nitrogen and oxygen atoms in total. The number of anilines is 2. The van der Waals surface area contributed by atoms with Crippen LogP contribution < -0.4 is 5.32 Å². The summed E-state index contributed by atoms with van der Waals surface area (Å²) in [7, 11) is 2.12. The maximum Gasteiger partial charge on any atom is 0.224 e. The standard InChI is InChI=1S/C13H13ClN4/c1-18-7-9-2-3-11(6-10(9)8-18)16-12-4-5-15-13(14)17-12/h2-6H,7-8H2,1H3,(H,15,16,17). The Kier molecular flexibility index (Phi) is 2.89. The lowest BCUT2D eigenvalue weighted by atomic mass is 10.1. The van der Waals surface area contributed by atoms with Gasteiger partial charge in [-0.2, -0.15) is 0 Å². The van der Waals surface area contributed by atoms with E-state index in [4.69, 9.17) is 11.6 Å². The monoisotopic (exact) mass is 260 g/mol. The number of hydrogen-bond donors (Lipinski definition) is 1. The molecule has 1 aromatic heterocycles. The van der Waals surface area contributed by atoms with Gasteiger partial charge in [-0.15, -0.1) is 0 Å². The Morgan fingerprint density at radius 2 is 2.06 bits per heavy atom. The molecule has 0 aliphatic carbocycles. The lowest BCUT2D eigenvalue weighted by Gasteiger charge is -2.07. The first-order valence-corrected chi connectivity index (χ1v) is 6.14. The zero-order chi connectivity index (χ0) is 12.5. The molecule has 0 saturated carbocycles. The van der Waals surface area contributed by atoms with E-state index < -0.39 is 0 Å².